The second-order valence-corrected chi connectivity index (χ2v) is 4.00. The molecular weight excluding hydrogens is 262 g/mol. The smallest absolute Gasteiger partial charge is 0.258 e. The molecule has 0 spiro atoms. The summed E-state index contributed by atoms with van der Waals surface area (Å²) in [5, 5.41) is 11.7. The number of nitrogens with one attached hydrogen (secondary N) is 1. The van der Waals surface area contributed by atoms with E-state index in [-0.39, 0.29) is 19.1 Å². The zero-order chi connectivity index (χ0) is 14.8. The number of hydrogen-bond acceptors (Lipinski definition) is 5. The van der Waals surface area contributed by atoms with Crippen molar-refractivity contribution < 1.29 is 24.1 Å². The molecule has 0 saturated carbocycles. The first-order valence-electron chi connectivity index (χ1n) is 6.46. The molecule has 0 aliphatic carbocycles. The van der Waals surface area contributed by atoms with Crippen LogP contribution in [0.2, 0.25) is 0 Å². The van der Waals surface area contributed by atoms with Crippen LogP contribution in [-0.2, 0) is 16.1 Å². The summed E-state index contributed by atoms with van der Waals surface area (Å²) in [6.07, 6.45) is 0. The molecule has 0 aromatic heterocycles. The van der Waals surface area contributed by atoms with Crippen LogP contribution in [0.4, 0.5) is 0 Å². The van der Waals surface area contributed by atoms with Gasteiger partial charge in [-0.3, -0.25) is 4.79 Å². The molecule has 0 bridgehead atoms. The average molecular weight is 283 g/mol. The maximum Gasteiger partial charge on any atom is 0.258 e. The highest BCUT2D eigenvalue weighted by atomic mass is 16.5. The number of carbonyl (C=O) groups excluding carboxylic acids is 1. The van der Waals surface area contributed by atoms with Gasteiger partial charge in [-0.15, -0.1) is 0 Å². The Morgan fingerprint density at radius 2 is 2.10 bits per heavy atom. The van der Waals surface area contributed by atoms with E-state index in [0.29, 0.717) is 31.3 Å². The molecule has 1 amide bonds. The quantitative estimate of drug-likeness (QED) is 0.653. The Hall–Kier alpha value is -1.79. The van der Waals surface area contributed by atoms with Gasteiger partial charge in [-0.1, -0.05) is 6.07 Å². The van der Waals surface area contributed by atoms with Crippen LogP contribution in [0.15, 0.2) is 18.2 Å². The summed E-state index contributed by atoms with van der Waals surface area (Å²) in [5.74, 6) is 0.769. The van der Waals surface area contributed by atoms with Crippen molar-refractivity contribution in [2.75, 3.05) is 33.5 Å². The van der Waals surface area contributed by atoms with Crippen molar-refractivity contribution in [1.82, 2.24) is 5.32 Å². The van der Waals surface area contributed by atoms with Crippen LogP contribution < -0.4 is 14.8 Å². The molecule has 0 heterocycles. The SMILES string of the molecule is CCOc1cc(CO)ccc1OCC(=O)NCCOC. The predicted molar refractivity (Wildman–Crippen MR) is 73.9 cm³/mol. The lowest BCUT2D eigenvalue weighted by Gasteiger charge is -2.13. The minimum absolute atomic E-state index is 0.0716. The van der Waals surface area contributed by atoms with Crippen molar-refractivity contribution in [3.8, 4) is 11.5 Å². The monoisotopic (exact) mass is 283 g/mol. The fraction of sp³-hybridized carbons (Fsp3) is 0.500. The van der Waals surface area contributed by atoms with Gasteiger partial charge in [0.25, 0.3) is 5.91 Å². The predicted octanol–water partition coefficient (Wildman–Crippen LogP) is 0.719. The lowest BCUT2D eigenvalue weighted by atomic mass is 10.2. The second kappa shape index (κ2) is 9.17. The van der Waals surface area contributed by atoms with Gasteiger partial charge in [0.05, 0.1) is 19.8 Å². The minimum Gasteiger partial charge on any atom is -0.490 e. The van der Waals surface area contributed by atoms with E-state index in [1.807, 2.05) is 6.92 Å². The lowest BCUT2D eigenvalue weighted by molar-refractivity contribution is -0.123. The first-order chi connectivity index (χ1) is 9.71. The van der Waals surface area contributed by atoms with E-state index in [1.165, 1.54) is 0 Å². The maximum atomic E-state index is 11.5. The van der Waals surface area contributed by atoms with Gasteiger partial charge in [-0.05, 0) is 24.6 Å². The molecule has 1 rings (SSSR count). The summed E-state index contributed by atoms with van der Waals surface area (Å²) in [5.41, 5.74) is 0.727. The number of carbonyl (C=O) groups is 1. The Balaban J connectivity index is 2.55. The third-order valence-corrected chi connectivity index (χ3v) is 2.48. The van der Waals surface area contributed by atoms with E-state index in [9.17, 15) is 4.79 Å². The van der Waals surface area contributed by atoms with Gasteiger partial charge < -0.3 is 24.6 Å². The molecule has 0 atom stereocenters. The highest BCUT2D eigenvalue weighted by molar-refractivity contribution is 5.77. The van der Waals surface area contributed by atoms with Crippen molar-refractivity contribution in [3.63, 3.8) is 0 Å². The van der Waals surface area contributed by atoms with Gasteiger partial charge in [-0.2, -0.15) is 0 Å². The standard InChI is InChI=1S/C14H21NO5/c1-3-19-13-8-11(9-16)4-5-12(13)20-10-14(17)15-6-7-18-2/h4-5,8,16H,3,6-7,9-10H2,1-2H3,(H,15,17). The number of aliphatic hydroxyl groups excluding tert-OH is 1. The van der Waals surface area contributed by atoms with E-state index in [2.05, 4.69) is 5.32 Å². The molecule has 6 nitrogen and oxygen atoms in total. The summed E-state index contributed by atoms with van der Waals surface area (Å²) in [6, 6.07) is 5.10. The molecule has 112 valence electrons. The van der Waals surface area contributed by atoms with Crippen molar-refractivity contribution in [2.45, 2.75) is 13.5 Å². The second-order valence-electron chi connectivity index (χ2n) is 4.00. The molecular formula is C14H21NO5. The third kappa shape index (κ3) is 5.46. The van der Waals surface area contributed by atoms with E-state index < -0.39 is 0 Å². The Bertz CT molecular complexity index is 422. The Morgan fingerprint density at radius 1 is 1.30 bits per heavy atom. The summed E-state index contributed by atoms with van der Waals surface area (Å²) in [6.45, 7) is 3.07. The van der Waals surface area contributed by atoms with Crippen LogP contribution in [0.25, 0.3) is 0 Å². The molecule has 2 N–H and O–H groups in total. The Labute approximate surface area is 118 Å². The minimum atomic E-state index is -0.226. The molecule has 0 aliphatic heterocycles. The number of methoxy groups -OCH3 is 1. The van der Waals surface area contributed by atoms with Gasteiger partial charge in [0.2, 0.25) is 0 Å². The number of rotatable bonds is 9. The lowest BCUT2D eigenvalue weighted by Crippen LogP contribution is -2.31. The highest BCUT2D eigenvalue weighted by Gasteiger charge is 2.08. The topological polar surface area (TPSA) is 77.0 Å². The molecule has 6 heteroatoms. The molecule has 0 saturated heterocycles. The van der Waals surface area contributed by atoms with E-state index in [1.54, 1.807) is 25.3 Å². The number of amides is 1. The van der Waals surface area contributed by atoms with Crippen molar-refractivity contribution in [3.05, 3.63) is 23.8 Å². The fourth-order valence-corrected chi connectivity index (χ4v) is 1.53. The van der Waals surface area contributed by atoms with Crippen LogP contribution in [-0.4, -0.2) is 44.5 Å². The first-order valence-corrected chi connectivity index (χ1v) is 6.46. The first kappa shape index (κ1) is 16.3. The largest absolute Gasteiger partial charge is 0.490 e. The van der Waals surface area contributed by atoms with Gasteiger partial charge in [0, 0.05) is 13.7 Å². The van der Waals surface area contributed by atoms with E-state index >= 15 is 0 Å². The van der Waals surface area contributed by atoms with Crippen LogP contribution in [0.1, 0.15) is 12.5 Å². The Morgan fingerprint density at radius 3 is 2.75 bits per heavy atom. The molecule has 0 aliphatic rings. The number of hydrogen-bond donors (Lipinski definition) is 2. The molecule has 20 heavy (non-hydrogen) atoms. The van der Waals surface area contributed by atoms with Crippen LogP contribution in [0.3, 0.4) is 0 Å². The number of aliphatic hydroxyl groups is 1. The highest BCUT2D eigenvalue weighted by Crippen LogP contribution is 2.28. The summed E-state index contributed by atoms with van der Waals surface area (Å²) in [4.78, 5) is 11.5. The van der Waals surface area contributed by atoms with E-state index in [4.69, 9.17) is 19.3 Å². The third-order valence-electron chi connectivity index (χ3n) is 2.48. The summed E-state index contributed by atoms with van der Waals surface area (Å²) in [7, 11) is 1.57. The zero-order valence-electron chi connectivity index (χ0n) is 11.8. The van der Waals surface area contributed by atoms with Gasteiger partial charge in [0.15, 0.2) is 18.1 Å². The molecule has 0 fully saturated rings. The van der Waals surface area contributed by atoms with Crippen molar-refractivity contribution >= 4 is 5.91 Å². The van der Waals surface area contributed by atoms with Crippen LogP contribution >= 0.6 is 0 Å². The molecule has 1 aromatic rings. The van der Waals surface area contributed by atoms with E-state index in [0.717, 1.165) is 5.56 Å². The average Bonchev–Trinajstić information content (AvgIpc) is 2.46. The Kier molecular flexibility index (Phi) is 7.46. The zero-order valence-corrected chi connectivity index (χ0v) is 11.8. The summed E-state index contributed by atoms with van der Waals surface area (Å²) < 4.78 is 15.7. The maximum absolute atomic E-state index is 11.5. The number of ether oxygens (including phenoxy) is 3. The molecule has 1 aromatic carbocycles. The van der Waals surface area contributed by atoms with Crippen molar-refractivity contribution in [2.24, 2.45) is 0 Å². The van der Waals surface area contributed by atoms with Crippen LogP contribution in [0.5, 0.6) is 11.5 Å². The van der Waals surface area contributed by atoms with Gasteiger partial charge >= 0.3 is 0 Å². The number of benzene rings is 1. The van der Waals surface area contributed by atoms with Gasteiger partial charge in [-0.25, -0.2) is 0 Å². The molecule has 0 unspecified atom stereocenters. The van der Waals surface area contributed by atoms with Crippen LogP contribution in [0, 0.1) is 0 Å². The summed E-state index contributed by atoms with van der Waals surface area (Å²) >= 11 is 0. The molecule has 0 radical (unpaired) electrons. The normalized spacial score (nSPS) is 10.2. The van der Waals surface area contributed by atoms with Gasteiger partial charge in [0.1, 0.15) is 0 Å². The fourth-order valence-electron chi connectivity index (χ4n) is 1.53. The van der Waals surface area contributed by atoms with Crippen molar-refractivity contribution in [1.29, 1.82) is 0 Å².